The average molecular weight is 375 g/mol. The lowest BCUT2D eigenvalue weighted by atomic mass is 10.2. The van der Waals surface area contributed by atoms with Gasteiger partial charge in [-0.1, -0.05) is 6.08 Å². The Balaban J connectivity index is 0.00000182. The second-order valence-electron chi connectivity index (χ2n) is 5.39. The van der Waals surface area contributed by atoms with Gasteiger partial charge in [0.1, 0.15) is 11.8 Å². The third-order valence-corrected chi connectivity index (χ3v) is 4.67. The summed E-state index contributed by atoms with van der Waals surface area (Å²) in [7, 11) is 1.93. The van der Waals surface area contributed by atoms with Crippen LogP contribution in [0.4, 0.5) is 0 Å². The van der Waals surface area contributed by atoms with Crippen LogP contribution >= 0.6 is 23.7 Å². The van der Waals surface area contributed by atoms with E-state index in [4.69, 9.17) is 0 Å². The van der Waals surface area contributed by atoms with Crippen molar-refractivity contribution in [3.05, 3.63) is 62.9 Å². The van der Waals surface area contributed by atoms with Gasteiger partial charge in [0.2, 0.25) is 0 Å². The van der Waals surface area contributed by atoms with Crippen LogP contribution in [0.1, 0.15) is 15.3 Å². The van der Waals surface area contributed by atoms with Crippen molar-refractivity contribution in [1.82, 2.24) is 29.3 Å². The van der Waals surface area contributed by atoms with E-state index in [9.17, 15) is 4.79 Å². The van der Waals surface area contributed by atoms with Crippen LogP contribution < -0.4 is 5.69 Å². The SMILES string of the molecule is Cl.Cn1cnc2cc(/C=C/c3ccc(Cn4cn[nH]c4=O)s3)cnc21. The maximum atomic E-state index is 11.5. The van der Waals surface area contributed by atoms with E-state index in [1.54, 1.807) is 17.7 Å². The third kappa shape index (κ3) is 3.54. The summed E-state index contributed by atoms with van der Waals surface area (Å²) in [4.78, 5) is 22.4. The van der Waals surface area contributed by atoms with Crippen molar-refractivity contribution in [2.45, 2.75) is 6.54 Å². The summed E-state index contributed by atoms with van der Waals surface area (Å²) < 4.78 is 3.43. The fourth-order valence-electron chi connectivity index (χ4n) is 2.42. The first-order valence-electron chi connectivity index (χ1n) is 7.33. The van der Waals surface area contributed by atoms with Gasteiger partial charge in [0, 0.05) is 23.0 Å². The molecule has 1 N–H and O–H groups in total. The number of rotatable bonds is 4. The molecule has 4 rings (SSSR count). The molecule has 0 aliphatic heterocycles. The molecule has 128 valence electrons. The molecule has 4 aromatic rings. The zero-order valence-electron chi connectivity index (χ0n) is 13.3. The first-order chi connectivity index (χ1) is 11.7. The minimum Gasteiger partial charge on any atom is -0.318 e. The summed E-state index contributed by atoms with van der Waals surface area (Å²) in [6.07, 6.45) is 9.15. The average Bonchev–Trinajstić information content (AvgIpc) is 3.29. The minimum absolute atomic E-state index is 0. The highest BCUT2D eigenvalue weighted by molar-refractivity contribution is 7.12. The Morgan fingerprint density at radius 1 is 1.24 bits per heavy atom. The molecule has 25 heavy (non-hydrogen) atoms. The van der Waals surface area contributed by atoms with E-state index in [0.29, 0.717) is 6.54 Å². The van der Waals surface area contributed by atoms with E-state index in [1.165, 1.54) is 10.9 Å². The highest BCUT2D eigenvalue weighted by atomic mass is 35.5. The van der Waals surface area contributed by atoms with Crippen LogP contribution in [0, 0.1) is 0 Å². The Labute approximate surface area is 153 Å². The number of imidazole rings is 1. The molecule has 4 aromatic heterocycles. The van der Waals surface area contributed by atoms with Gasteiger partial charge in [-0.2, -0.15) is 5.10 Å². The zero-order valence-corrected chi connectivity index (χ0v) is 14.9. The molecule has 0 spiro atoms. The third-order valence-electron chi connectivity index (χ3n) is 3.64. The summed E-state index contributed by atoms with van der Waals surface area (Å²) >= 11 is 1.64. The highest BCUT2D eigenvalue weighted by Crippen LogP contribution is 2.20. The van der Waals surface area contributed by atoms with Crippen molar-refractivity contribution in [1.29, 1.82) is 0 Å². The van der Waals surface area contributed by atoms with Crippen LogP contribution in [0.5, 0.6) is 0 Å². The molecule has 7 nitrogen and oxygen atoms in total. The first kappa shape index (κ1) is 17.1. The molecule has 4 heterocycles. The Hall–Kier alpha value is -2.71. The van der Waals surface area contributed by atoms with E-state index < -0.39 is 0 Å². The van der Waals surface area contributed by atoms with Crippen LogP contribution in [0.3, 0.4) is 0 Å². The lowest BCUT2D eigenvalue weighted by Crippen LogP contribution is -2.16. The van der Waals surface area contributed by atoms with Crippen LogP contribution in [0.15, 0.2) is 41.8 Å². The van der Waals surface area contributed by atoms with E-state index in [0.717, 1.165) is 26.5 Å². The number of fused-ring (bicyclic) bond motifs is 1. The Morgan fingerprint density at radius 2 is 2.12 bits per heavy atom. The van der Waals surface area contributed by atoms with E-state index >= 15 is 0 Å². The van der Waals surface area contributed by atoms with Crippen molar-refractivity contribution in [3.63, 3.8) is 0 Å². The van der Waals surface area contributed by atoms with Gasteiger partial charge in [-0.25, -0.2) is 19.9 Å². The number of hydrogen-bond donors (Lipinski definition) is 1. The van der Waals surface area contributed by atoms with Crippen LogP contribution in [-0.4, -0.2) is 29.3 Å². The molecule has 9 heteroatoms. The summed E-state index contributed by atoms with van der Waals surface area (Å²) in [5.41, 5.74) is 2.55. The van der Waals surface area contributed by atoms with Gasteiger partial charge < -0.3 is 4.57 Å². The first-order valence-corrected chi connectivity index (χ1v) is 8.14. The molecular weight excluding hydrogens is 360 g/mol. The zero-order chi connectivity index (χ0) is 16.5. The second kappa shape index (κ2) is 7.04. The number of nitrogens with one attached hydrogen (secondary N) is 1. The molecule has 0 radical (unpaired) electrons. The second-order valence-corrected chi connectivity index (χ2v) is 6.59. The number of aromatic amines is 1. The number of thiophene rings is 1. The van der Waals surface area contributed by atoms with Gasteiger partial charge in [0.15, 0.2) is 5.65 Å². The molecule has 0 saturated carbocycles. The molecule has 0 bridgehead atoms. The lowest BCUT2D eigenvalue weighted by Gasteiger charge is -1.96. The van der Waals surface area contributed by atoms with Crippen molar-refractivity contribution in [3.8, 4) is 0 Å². The molecule has 0 unspecified atom stereocenters. The molecule has 0 aliphatic carbocycles. The predicted molar refractivity (Wildman–Crippen MR) is 101 cm³/mol. The number of aromatic nitrogens is 6. The number of halogens is 1. The molecular formula is C16H15ClN6OS. The van der Waals surface area contributed by atoms with Crippen LogP contribution in [0.25, 0.3) is 23.3 Å². The van der Waals surface area contributed by atoms with Crippen molar-refractivity contribution in [2.75, 3.05) is 0 Å². The fourth-order valence-corrected chi connectivity index (χ4v) is 3.34. The number of nitrogens with zero attached hydrogens (tertiary/aromatic N) is 5. The molecule has 0 fully saturated rings. The van der Waals surface area contributed by atoms with E-state index in [-0.39, 0.29) is 18.1 Å². The number of pyridine rings is 1. The Bertz CT molecular complexity index is 1090. The number of H-pyrrole nitrogens is 1. The van der Waals surface area contributed by atoms with Gasteiger partial charge in [0.25, 0.3) is 0 Å². The van der Waals surface area contributed by atoms with Gasteiger partial charge >= 0.3 is 5.69 Å². The van der Waals surface area contributed by atoms with E-state index in [2.05, 4.69) is 20.2 Å². The Morgan fingerprint density at radius 3 is 2.92 bits per heavy atom. The summed E-state index contributed by atoms with van der Waals surface area (Å²) in [5, 5.41) is 6.12. The van der Waals surface area contributed by atoms with Gasteiger partial charge in [-0.3, -0.25) is 4.57 Å². The van der Waals surface area contributed by atoms with Crippen LogP contribution in [0.2, 0.25) is 0 Å². The van der Waals surface area contributed by atoms with Crippen molar-refractivity contribution in [2.24, 2.45) is 7.05 Å². The molecule has 0 aliphatic rings. The summed E-state index contributed by atoms with van der Waals surface area (Å²) in [5.74, 6) is 0. The number of hydrogen-bond acceptors (Lipinski definition) is 5. The van der Waals surface area contributed by atoms with Gasteiger partial charge in [0.05, 0.1) is 12.9 Å². The molecule has 0 amide bonds. The van der Waals surface area contributed by atoms with Gasteiger partial charge in [-0.05, 0) is 29.8 Å². The number of aryl methyl sites for hydroxylation is 1. The topological polar surface area (TPSA) is 81.4 Å². The Kier molecular flexibility index (Phi) is 4.82. The quantitative estimate of drug-likeness (QED) is 0.595. The van der Waals surface area contributed by atoms with Crippen molar-refractivity contribution < 1.29 is 0 Å². The van der Waals surface area contributed by atoms with Crippen molar-refractivity contribution >= 4 is 47.1 Å². The molecule has 0 aromatic carbocycles. The maximum absolute atomic E-state index is 11.5. The monoisotopic (exact) mass is 374 g/mol. The van der Waals surface area contributed by atoms with E-state index in [1.807, 2.05) is 48.2 Å². The van der Waals surface area contributed by atoms with Gasteiger partial charge in [-0.15, -0.1) is 23.7 Å². The minimum atomic E-state index is -0.199. The van der Waals surface area contributed by atoms with Crippen LogP contribution in [-0.2, 0) is 13.6 Å². The predicted octanol–water partition coefficient (Wildman–Crippen LogP) is 2.56. The lowest BCUT2D eigenvalue weighted by molar-refractivity contribution is 0.772. The maximum Gasteiger partial charge on any atom is 0.343 e. The largest absolute Gasteiger partial charge is 0.343 e. The highest BCUT2D eigenvalue weighted by Gasteiger charge is 2.03. The standard InChI is InChI=1S/C16H14N6OS.ClH/c1-21-9-18-14-6-11(7-17-15(14)21)2-3-12-4-5-13(24-12)8-22-10-19-20-16(22)23;/h2-7,9-10H,8H2,1H3,(H,20,23);1H/b3-2+;. The smallest absolute Gasteiger partial charge is 0.318 e. The fraction of sp³-hybridized carbons (Fsp3) is 0.125. The molecule has 0 saturated heterocycles. The molecule has 0 atom stereocenters. The summed E-state index contributed by atoms with van der Waals surface area (Å²) in [6.45, 7) is 0.523. The summed E-state index contributed by atoms with van der Waals surface area (Å²) in [6, 6.07) is 6.07. The normalized spacial score (nSPS) is 11.2.